The Morgan fingerprint density at radius 1 is 1.26 bits per heavy atom. The molecule has 1 aromatic heterocycles. The summed E-state index contributed by atoms with van der Waals surface area (Å²) in [5, 5.41) is 1.01. The van der Waals surface area contributed by atoms with Gasteiger partial charge in [-0.05, 0) is 12.1 Å². The first-order chi connectivity index (χ1) is 9.22. The van der Waals surface area contributed by atoms with Gasteiger partial charge in [0.25, 0.3) is 0 Å². The number of pyridine rings is 1. The van der Waals surface area contributed by atoms with Crippen LogP contribution >= 0.6 is 0 Å². The lowest BCUT2D eigenvalue weighted by Gasteiger charge is -2.25. The predicted octanol–water partition coefficient (Wildman–Crippen LogP) is 1.38. The minimum Gasteiger partial charge on any atom is -0.398 e. The van der Waals surface area contributed by atoms with Crippen LogP contribution in [0.2, 0.25) is 0 Å². The van der Waals surface area contributed by atoms with Crippen molar-refractivity contribution in [1.82, 2.24) is 9.88 Å². The standard InChI is InChI=1S/C14H17N3OS/c15-13-9-11(10-17-5-7-19(18)8-6-17)16-14-4-2-1-3-12(13)14/h1-4,9H,5-8,10H2,(H2,15,16). The zero-order valence-corrected chi connectivity index (χ0v) is 11.5. The maximum Gasteiger partial charge on any atom is 0.0726 e. The first-order valence-corrected chi connectivity index (χ1v) is 7.92. The van der Waals surface area contributed by atoms with Gasteiger partial charge < -0.3 is 5.73 Å². The molecule has 3 rings (SSSR count). The van der Waals surface area contributed by atoms with Crippen LogP contribution in [0.3, 0.4) is 0 Å². The van der Waals surface area contributed by atoms with E-state index < -0.39 is 10.8 Å². The lowest BCUT2D eigenvalue weighted by Crippen LogP contribution is -2.37. The molecule has 0 bridgehead atoms. The van der Waals surface area contributed by atoms with Crippen molar-refractivity contribution in [3.63, 3.8) is 0 Å². The molecule has 0 saturated carbocycles. The second-order valence-electron chi connectivity index (χ2n) is 4.84. The Morgan fingerprint density at radius 3 is 2.79 bits per heavy atom. The van der Waals surface area contributed by atoms with E-state index in [1.165, 1.54) is 0 Å². The molecule has 0 atom stereocenters. The summed E-state index contributed by atoms with van der Waals surface area (Å²) in [4.78, 5) is 6.94. The summed E-state index contributed by atoms with van der Waals surface area (Å²) in [5.74, 6) is 1.53. The Hall–Kier alpha value is -1.46. The van der Waals surface area contributed by atoms with Crippen LogP contribution in [0.1, 0.15) is 5.69 Å². The third-order valence-corrected chi connectivity index (χ3v) is 4.73. The van der Waals surface area contributed by atoms with Crippen molar-refractivity contribution in [3.05, 3.63) is 36.0 Å². The van der Waals surface area contributed by atoms with Crippen LogP contribution < -0.4 is 5.73 Å². The van der Waals surface area contributed by atoms with Crippen LogP contribution in [0.5, 0.6) is 0 Å². The fourth-order valence-electron chi connectivity index (χ4n) is 2.40. The summed E-state index contributed by atoms with van der Waals surface area (Å²) in [6, 6.07) is 9.88. The largest absolute Gasteiger partial charge is 0.398 e. The average molecular weight is 275 g/mol. The lowest BCUT2D eigenvalue weighted by molar-refractivity contribution is 0.288. The van der Waals surface area contributed by atoms with Crippen molar-refractivity contribution < 1.29 is 4.21 Å². The Bertz CT molecular complexity index is 619. The van der Waals surface area contributed by atoms with Crippen molar-refractivity contribution >= 4 is 27.4 Å². The van der Waals surface area contributed by atoms with Crippen LogP contribution in [0.15, 0.2) is 30.3 Å². The van der Waals surface area contributed by atoms with Gasteiger partial charge in [-0.1, -0.05) is 18.2 Å². The Morgan fingerprint density at radius 2 is 2.00 bits per heavy atom. The molecule has 1 aliphatic rings. The molecule has 0 amide bonds. The molecule has 2 heterocycles. The van der Waals surface area contributed by atoms with Gasteiger partial charge >= 0.3 is 0 Å². The van der Waals surface area contributed by atoms with Crippen molar-refractivity contribution in [1.29, 1.82) is 0 Å². The van der Waals surface area contributed by atoms with E-state index in [0.29, 0.717) is 0 Å². The molecule has 1 aromatic carbocycles. The van der Waals surface area contributed by atoms with Gasteiger partial charge in [-0.3, -0.25) is 14.1 Å². The zero-order valence-electron chi connectivity index (χ0n) is 10.7. The summed E-state index contributed by atoms with van der Waals surface area (Å²) in [6.07, 6.45) is 0. The topological polar surface area (TPSA) is 59.2 Å². The first-order valence-electron chi connectivity index (χ1n) is 6.44. The van der Waals surface area contributed by atoms with Gasteiger partial charge in [0.15, 0.2) is 0 Å². The van der Waals surface area contributed by atoms with Gasteiger partial charge in [-0.15, -0.1) is 0 Å². The molecule has 4 nitrogen and oxygen atoms in total. The fraction of sp³-hybridized carbons (Fsp3) is 0.357. The van der Waals surface area contributed by atoms with E-state index in [0.717, 1.165) is 53.4 Å². The molecular weight excluding hydrogens is 258 g/mol. The highest BCUT2D eigenvalue weighted by Gasteiger charge is 2.16. The fourth-order valence-corrected chi connectivity index (χ4v) is 3.53. The molecule has 100 valence electrons. The minimum atomic E-state index is -0.632. The van der Waals surface area contributed by atoms with Gasteiger partial charge in [0.05, 0.1) is 11.2 Å². The zero-order chi connectivity index (χ0) is 13.2. The van der Waals surface area contributed by atoms with Crippen LogP contribution in [-0.2, 0) is 17.3 Å². The number of fused-ring (bicyclic) bond motifs is 1. The summed E-state index contributed by atoms with van der Waals surface area (Å²) in [6.45, 7) is 2.54. The molecule has 5 heteroatoms. The van der Waals surface area contributed by atoms with Gasteiger partial charge in [0.1, 0.15) is 0 Å². The molecule has 0 unspecified atom stereocenters. The number of hydrogen-bond acceptors (Lipinski definition) is 4. The first kappa shape index (κ1) is 12.6. The second kappa shape index (κ2) is 5.27. The van der Waals surface area contributed by atoms with E-state index in [1.807, 2.05) is 30.3 Å². The summed E-state index contributed by atoms with van der Waals surface area (Å²) in [5.41, 5.74) is 8.79. The van der Waals surface area contributed by atoms with E-state index in [-0.39, 0.29) is 0 Å². The maximum absolute atomic E-state index is 11.3. The average Bonchev–Trinajstić information content (AvgIpc) is 2.42. The number of hydrogen-bond donors (Lipinski definition) is 1. The lowest BCUT2D eigenvalue weighted by atomic mass is 10.1. The van der Waals surface area contributed by atoms with Crippen molar-refractivity contribution in [2.75, 3.05) is 30.3 Å². The van der Waals surface area contributed by atoms with Crippen LogP contribution in [0.25, 0.3) is 10.9 Å². The molecule has 2 N–H and O–H groups in total. The molecule has 1 aliphatic heterocycles. The number of nitrogen functional groups attached to an aromatic ring is 1. The minimum absolute atomic E-state index is 0.632. The number of aromatic nitrogens is 1. The van der Waals surface area contributed by atoms with E-state index in [2.05, 4.69) is 9.88 Å². The summed E-state index contributed by atoms with van der Waals surface area (Å²) >= 11 is 0. The van der Waals surface area contributed by atoms with Crippen LogP contribution in [-0.4, -0.2) is 38.7 Å². The van der Waals surface area contributed by atoms with Crippen molar-refractivity contribution in [3.8, 4) is 0 Å². The SMILES string of the molecule is Nc1cc(CN2CCS(=O)CC2)nc2ccccc12. The number of benzene rings is 1. The van der Waals surface area contributed by atoms with E-state index >= 15 is 0 Å². The number of anilines is 1. The normalized spacial score (nSPS) is 17.9. The highest BCUT2D eigenvalue weighted by atomic mass is 32.2. The number of nitrogens with two attached hydrogens (primary N) is 1. The third-order valence-electron chi connectivity index (χ3n) is 3.46. The maximum atomic E-state index is 11.3. The van der Waals surface area contributed by atoms with Gasteiger partial charge in [0.2, 0.25) is 0 Å². The number of para-hydroxylation sites is 1. The van der Waals surface area contributed by atoms with Gasteiger partial charge in [0, 0.05) is 53.0 Å². The quantitative estimate of drug-likeness (QED) is 0.899. The van der Waals surface area contributed by atoms with Crippen molar-refractivity contribution in [2.24, 2.45) is 0 Å². The molecule has 0 radical (unpaired) electrons. The molecule has 0 spiro atoms. The molecule has 0 aliphatic carbocycles. The monoisotopic (exact) mass is 275 g/mol. The summed E-state index contributed by atoms with van der Waals surface area (Å²) < 4.78 is 11.3. The molecule has 1 fully saturated rings. The smallest absolute Gasteiger partial charge is 0.0726 e. The summed E-state index contributed by atoms with van der Waals surface area (Å²) in [7, 11) is -0.632. The molecule has 2 aromatic rings. The second-order valence-corrected chi connectivity index (χ2v) is 6.54. The van der Waals surface area contributed by atoms with Crippen LogP contribution in [0, 0.1) is 0 Å². The Kier molecular flexibility index (Phi) is 3.48. The van der Waals surface area contributed by atoms with E-state index in [1.54, 1.807) is 0 Å². The molecule has 19 heavy (non-hydrogen) atoms. The van der Waals surface area contributed by atoms with E-state index in [9.17, 15) is 4.21 Å². The Labute approximate surface area is 115 Å². The van der Waals surface area contributed by atoms with E-state index in [4.69, 9.17) is 5.73 Å². The number of rotatable bonds is 2. The Balaban J connectivity index is 1.83. The van der Waals surface area contributed by atoms with Crippen molar-refractivity contribution in [2.45, 2.75) is 6.54 Å². The molecule has 1 saturated heterocycles. The molecular formula is C14H17N3OS. The highest BCUT2D eigenvalue weighted by Crippen LogP contribution is 2.21. The predicted molar refractivity (Wildman–Crippen MR) is 79.3 cm³/mol. The van der Waals surface area contributed by atoms with Crippen LogP contribution in [0.4, 0.5) is 5.69 Å². The van der Waals surface area contributed by atoms with Gasteiger partial charge in [-0.25, -0.2) is 0 Å². The third kappa shape index (κ3) is 2.77. The highest BCUT2D eigenvalue weighted by molar-refractivity contribution is 7.85. The number of nitrogens with zero attached hydrogens (tertiary/aromatic N) is 2. The van der Waals surface area contributed by atoms with Gasteiger partial charge in [-0.2, -0.15) is 0 Å².